The largest absolute Gasteiger partial charge is 0.452 e. The first-order valence-electron chi connectivity index (χ1n) is 7.32. The molecule has 0 saturated heterocycles. The predicted octanol–water partition coefficient (Wildman–Crippen LogP) is 3.92. The van der Waals surface area contributed by atoms with Gasteiger partial charge in [-0.15, -0.1) is 0 Å². The lowest BCUT2D eigenvalue weighted by atomic mass is 10.2. The van der Waals surface area contributed by atoms with Crippen LogP contribution in [0.1, 0.15) is 17.3 Å². The van der Waals surface area contributed by atoms with Gasteiger partial charge < -0.3 is 10.1 Å². The monoisotopic (exact) mass is 399 g/mol. The Morgan fingerprint density at radius 3 is 2.36 bits per heavy atom. The summed E-state index contributed by atoms with van der Waals surface area (Å²) in [5.74, 6) is -0.939. The van der Waals surface area contributed by atoms with Crippen LogP contribution in [-0.2, 0) is 20.3 Å². The normalized spacial score (nSPS) is 11.6. The summed E-state index contributed by atoms with van der Waals surface area (Å²) in [7, 11) is -1.31. The van der Waals surface area contributed by atoms with Crippen molar-refractivity contribution >= 4 is 51.6 Å². The van der Waals surface area contributed by atoms with E-state index < -0.39 is 29.3 Å². The van der Waals surface area contributed by atoms with E-state index in [4.69, 9.17) is 27.9 Å². The molecule has 0 spiro atoms. The summed E-state index contributed by atoms with van der Waals surface area (Å²) in [5, 5.41) is 3.04. The van der Waals surface area contributed by atoms with E-state index in [2.05, 4.69) is 5.32 Å². The quantitative estimate of drug-likeness (QED) is 0.747. The minimum absolute atomic E-state index is 0.172. The Kier molecular flexibility index (Phi) is 6.99. The van der Waals surface area contributed by atoms with Crippen LogP contribution in [0.25, 0.3) is 0 Å². The molecule has 1 atom stereocenters. The minimum atomic E-state index is -1.31. The van der Waals surface area contributed by atoms with Gasteiger partial charge in [0.1, 0.15) is 0 Å². The smallest absolute Gasteiger partial charge is 0.339 e. The molecule has 0 unspecified atom stereocenters. The number of para-hydroxylation sites is 1. The number of carbonyl (C=O) groups is 2. The van der Waals surface area contributed by atoms with E-state index in [1.807, 2.05) is 0 Å². The molecule has 0 bridgehead atoms. The SMILES string of the molecule is CC[S@@](=O)c1ccccc1C(=O)OCC(=O)Nc1c(Cl)cccc1Cl. The van der Waals surface area contributed by atoms with Gasteiger partial charge in [-0.1, -0.05) is 48.3 Å². The topological polar surface area (TPSA) is 72.5 Å². The van der Waals surface area contributed by atoms with E-state index in [-0.39, 0.29) is 21.3 Å². The molecule has 1 amide bonds. The number of esters is 1. The van der Waals surface area contributed by atoms with Crippen LogP contribution < -0.4 is 5.32 Å². The number of benzene rings is 2. The van der Waals surface area contributed by atoms with Gasteiger partial charge in [-0.25, -0.2) is 4.79 Å². The molecule has 132 valence electrons. The molecule has 25 heavy (non-hydrogen) atoms. The highest BCUT2D eigenvalue weighted by molar-refractivity contribution is 7.85. The Hall–Kier alpha value is -1.89. The third kappa shape index (κ3) is 5.04. The van der Waals surface area contributed by atoms with Crippen molar-refractivity contribution in [1.29, 1.82) is 0 Å². The zero-order valence-corrected chi connectivity index (χ0v) is 15.6. The molecular weight excluding hydrogens is 385 g/mol. The highest BCUT2D eigenvalue weighted by Gasteiger charge is 2.17. The number of anilines is 1. The molecule has 0 aliphatic carbocycles. The Morgan fingerprint density at radius 1 is 1.08 bits per heavy atom. The molecule has 2 rings (SSSR count). The third-order valence-electron chi connectivity index (χ3n) is 3.18. The summed E-state index contributed by atoms with van der Waals surface area (Å²) in [6.07, 6.45) is 0. The van der Waals surface area contributed by atoms with E-state index in [1.54, 1.807) is 43.3 Å². The second-order valence-corrected chi connectivity index (χ2v) is 7.37. The van der Waals surface area contributed by atoms with Gasteiger partial charge in [-0.3, -0.25) is 9.00 Å². The van der Waals surface area contributed by atoms with E-state index >= 15 is 0 Å². The summed E-state index contributed by atoms with van der Waals surface area (Å²) in [4.78, 5) is 24.5. The predicted molar refractivity (Wildman–Crippen MR) is 98.8 cm³/mol. The Morgan fingerprint density at radius 2 is 1.72 bits per heavy atom. The van der Waals surface area contributed by atoms with Gasteiger partial charge in [-0.05, 0) is 24.3 Å². The van der Waals surface area contributed by atoms with E-state index in [0.717, 1.165) is 0 Å². The van der Waals surface area contributed by atoms with E-state index in [1.165, 1.54) is 6.07 Å². The van der Waals surface area contributed by atoms with Crippen LogP contribution in [0.3, 0.4) is 0 Å². The lowest BCUT2D eigenvalue weighted by Crippen LogP contribution is -2.22. The van der Waals surface area contributed by atoms with Crippen LogP contribution in [0.15, 0.2) is 47.4 Å². The average Bonchev–Trinajstić information content (AvgIpc) is 2.62. The van der Waals surface area contributed by atoms with Crippen LogP contribution in [0, 0.1) is 0 Å². The van der Waals surface area contributed by atoms with Crippen LogP contribution in [0.2, 0.25) is 10.0 Å². The van der Waals surface area contributed by atoms with Gasteiger partial charge in [0.2, 0.25) is 0 Å². The fourth-order valence-corrected chi connectivity index (χ4v) is 3.42. The number of amides is 1. The maximum Gasteiger partial charge on any atom is 0.339 e. The van der Waals surface area contributed by atoms with Crippen LogP contribution in [-0.4, -0.2) is 28.4 Å². The fraction of sp³-hybridized carbons (Fsp3) is 0.176. The third-order valence-corrected chi connectivity index (χ3v) is 5.18. The van der Waals surface area contributed by atoms with Crippen molar-refractivity contribution < 1.29 is 18.5 Å². The first kappa shape index (κ1) is 19.4. The molecule has 0 saturated carbocycles. The van der Waals surface area contributed by atoms with Crippen molar-refractivity contribution in [3.05, 3.63) is 58.1 Å². The van der Waals surface area contributed by atoms with E-state index in [0.29, 0.717) is 10.6 Å². The number of hydrogen-bond acceptors (Lipinski definition) is 4. The number of ether oxygens (including phenoxy) is 1. The van der Waals surface area contributed by atoms with Gasteiger partial charge in [0, 0.05) is 5.75 Å². The molecule has 0 aromatic heterocycles. The standard InChI is InChI=1S/C17H15Cl2NO4S/c1-2-25(23)14-9-4-3-6-11(14)17(22)24-10-15(21)20-16-12(18)7-5-8-13(16)19/h3-9H,2,10H2,1H3,(H,20,21)/t25-/m1/s1. The van der Waals surface area contributed by atoms with Crippen molar-refractivity contribution in [2.75, 3.05) is 17.7 Å². The maximum atomic E-state index is 12.2. The van der Waals surface area contributed by atoms with Crippen molar-refractivity contribution in [2.45, 2.75) is 11.8 Å². The number of halogens is 2. The number of nitrogens with one attached hydrogen (secondary N) is 1. The average molecular weight is 400 g/mol. The van der Waals surface area contributed by atoms with Gasteiger partial charge in [0.05, 0.1) is 37.0 Å². The first-order valence-corrected chi connectivity index (χ1v) is 9.40. The molecule has 1 N–H and O–H groups in total. The van der Waals surface area contributed by atoms with Gasteiger partial charge >= 0.3 is 5.97 Å². The number of carbonyl (C=O) groups excluding carboxylic acids is 2. The summed E-state index contributed by atoms with van der Waals surface area (Å²) in [6.45, 7) is 1.23. The molecule has 0 aliphatic heterocycles. The molecule has 5 nitrogen and oxygen atoms in total. The molecule has 0 aliphatic rings. The lowest BCUT2D eigenvalue weighted by Gasteiger charge is -2.11. The van der Waals surface area contributed by atoms with Crippen molar-refractivity contribution in [1.82, 2.24) is 0 Å². The Balaban J connectivity index is 2.03. The summed E-state index contributed by atoms with van der Waals surface area (Å²) in [6, 6.07) is 11.2. The number of hydrogen-bond donors (Lipinski definition) is 1. The van der Waals surface area contributed by atoms with Crippen LogP contribution in [0.5, 0.6) is 0 Å². The molecule has 0 heterocycles. The van der Waals surface area contributed by atoms with Crippen LogP contribution >= 0.6 is 23.2 Å². The van der Waals surface area contributed by atoms with Crippen LogP contribution in [0.4, 0.5) is 5.69 Å². The molecular formula is C17H15Cl2NO4S. The second-order valence-electron chi connectivity index (χ2n) is 4.85. The van der Waals surface area contributed by atoms with Crippen molar-refractivity contribution in [3.8, 4) is 0 Å². The number of rotatable bonds is 6. The summed E-state index contributed by atoms with van der Waals surface area (Å²) < 4.78 is 17.0. The zero-order chi connectivity index (χ0) is 18.4. The maximum absolute atomic E-state index is 12.2. The highest BCUT2D eigenvalue weighted by Crippen LogP contribution is 2.29. The van der Waals surface area contributed by atoms with Gasteiger partial charge in [-0.2, -0.15) is 0 Å². The highest BCUT2D eigenvalue weighted by atomic mass is 35.5. The van der Waals surface area contributed by atoms with Crippen molar-refractivity contribution in [2.24, 2.45) is 0 Å². The molecule has 0 radical (unpaired) electrons. The lowest BCUT2D eigenvalue weighted by molar-refractivity contribution is -0.119. The molecule has 2 aromatic carbocycles. The minimum Gasteiger partial charge on any atom is -0.452 e. The van der Waals surface area contributed by atoms with Crippen molar-refractivity contribution in [3.63, 3.8) is 0 Å². The Bertz CT molecular complexity index is 806. The molecule has 2 aromatic rings. The Labute approximate surface area is 157 Å². The summed E-state index contributed by atoms with van der Waals surface area (Å²) >= 11 is 11.9. The molecule has 8 heteroatoms. The van der Waals surface area contributed by atoms with Gasteiger partial charge in [0.25, 0.3) is 5.91 Å². The summed E-state index contributed by atoms with van der Waals surface area (Å²) in [5.41, 5.74) is 0.422. The molecule has 0 fully saturated rings. The fourth-order valence-electron chi connectivity index (χ4n) is 1.99. The van der Waals surface area contributed by atoms with E-state index in [9.17, 15) is 13.8 Å². The second kappa shape index (κ2) is 8.99. The van der Waals surface area contributed by atoms with Gasteiger partial charge in [0.15, 0.2) is 6.61 Å². The first-order chi connectivity index (χ1) is 11.9. The zero-order valence-electron chi connectivity index (χ0n) is 13.3.